The van der Waals surface area contributed by atoms with Crippen molar-refractivity contribution in [1.82, 2.24) is 0 Å². The Kier molecular flexibility index (Phi) is 8.40. The summed E-state index contributed by atoms with van der Waals surface area (Å²) in [7, 11) is 0. The monoisotopic (exact) mass is 840 g/mol. The van der Waals surface area contributed by atoms with Crippen molar-refractivity contribution in [3.8, 4) is 44.5 Å². The minimum absolute atomic E-state index is 0.0962. The molecule has 0 heterocycles. The predicted molar refractivity (Wildman–Crippen MR) is 278 cm³/mol. The van der Waals surface area contributed by atoms with Crippen molar-refractivity contribution < 1.29 is 0 Å². The highest BCUT2D eigenvalue weighted by atomic mass is 14.5. The van der Waals surface area contributed by atoms with Crippen molar-refractivity contribution in [2.45, 2.75) is 38.5 Å². The smallest absolute Gasteiger partial charge is 0.0158 e. The highest BCUT2D eigenvalue weighted by Crippen LogP contribution is 2.64. The van der Waals surface area contributed by atoms with Gasteiger partial charge in [-0.05, 0) is 158 Å². The van der Waals surface area contributed by atoms with Gasteiger partial charge in [-0.1, -0.05) is 222 Å². The lowest BCUT2D eigenvalue weighted by molar-refractivity contribution is 0.660. The van der Waals surface area contributed by atoms with E-state index in [-0.39, 0.29) is 10.8 Å². The lowest BCUT2D eigenvalue weighted by Crippen LogP contribution is -2.14. The van der Waals surface area contributed by atoms with Gasteiger partial charge in [0.05, 0.1) is 0 Å². The molecule has 0 fully saturated rings. The second-order valence-corrected chi connectivity index (χ2v) is 19.5. The molecule has 0 radical (unpaired) electrons. The topological polar surface area (TPSA) is 0 Å². The summed E-state index contributed by atoms with van der Waals surface area (Å²) < 4.78 is 0. The van der Waals surface area contributed by atoms with E-state index in [1.165, 1.54) is 134 Å². The lowest BCUT2D eigenvalue weighted by atomic mass is 9.80. The van der Waals surface area contributed by atoms with E-state index in [0.29, 0.717) is 0 Å². The molecule has 0 saturated carbocycles. The number of benzene rings is 9. The van der Waals surface area contributed by atoms with Crippen LogP contribution in [-0.4, -0.2) is 0 Å². The van der Waals surface area contributed by atoms with E-state index >= 15 is 0 Å². The first-order valence-electron chi connectivity index (χ1n) is 23.4. The van der Waals surface area contributed by atoms with E-state index in [9.17, 15) is 0 Å². The lowest BCUT2D eigenvalue weighted by Gasteiger charge is -2.23. The Bertz CT molecular complexity index is 3580. The highest BCUT2D eigenvalue weighted by Gasteiger charge is 2.43. The average molecular weight is 841 g/mol. The van der Waals surface area contributed by atoms with Gasteiger partial charge in [-0.2, -0.15) is 0 Å². The molecule has 0 atom stereocenters. The molecule has 0 nitrogen and oxygen atoms in total. The molecule has 4 aliphatic rings. The van der Waals surface area contributed by atoms with Gasteiger partial charge in [-0.25, -0.2) is 0 Å². The van der Waals surface area contributed by atoms with Crippen LogP contribution in [0.25, 0.3) is 72.4 Å². The normalized spacial score (nSPS) is 15.6. The zero-order valence-electron chi connectivity index (χ0n) is 37.8. The van der Waals surface area contributed by atoms with Gasteiger partial charge in [0.1, 0.15) is 0 Å². The van der Waals surface area contributed by atoms with Crippen LogP contribution in [0.4, 0.5) is 0 Å². The molecule has 0 bridgehead atoms. The summed E-state index contributed by atoms with van der Waals surface area (Å²) in [5, 5.41) is 0. The van der Waals surface area contributed by atoms with Gasteiger partial charge in [-0.15, -0.1) is 0 Å². The molecule has 0 unspecified atom stereocenters. The van der Waals surface area contributed by atoms with E-state index < -0.39 is 0 Å². The van der Waals surface area contributed by atoms with Crippen molar-refractivity contribution in [1.29, 1.82) is 0 Å². The maximum Gasteiger partial charge on any atom is 0.0158 e. The summed E-state index contributed by atoms with van der Waals surface area (Å²) in [4.78, 5) is 0. The van der Waals surface area contributed by atoms with Gasteiger partial charge in [0.15, 0.2) is 0 Å². The Morgan fingerprint density at radius 1 is 0.197 bits per heavy atom. The van der Waals surface area contributed by atoms with E-state index in [4.69, 9.17) is 0 Å². The first-order chi connectivity index (χ1) is 32.3. The maximum atomic E-state index is 2.53. The second-order valence-electron chi connectivity index (χ2n) is 19.5. The van der Waals surface area contributed by atoms with Crippen LogP contribution in [0, 0.1) is 0 Å². The van der Waals surface area contributed by atoms with E-state index in [0.717, 1.165) is 0 Å². The zero-order chi connectivity index (χ0) is 44.3. The van der Waals surface area contributed by atoms with Gasteiger partial charge in [0.2, 0.25) is 0 Å². The molecule has 312 valence electrons. The molecule has 66 heavy (non-hydrogen) atoms. The van der Waals surface area contributed by atoms with Crippen LogP contribution in [0.5, 0.6) is 0 Å². The Morgan fingerprint density at radius 2 is 0.530 bits per heavy atom. The molecule has 0 aliphatic heterocycles. The third-order valence-electron chi connectivity index (χ3n) is 15.2. The molecule has 9 aromatic rings. The summed E-state index contributed by atoms with van der Waals surface area (Å²) >= 11 is 0. The van der Waals surface area contributed by atoms with Crippen molar-refractivity contribution >= 4 is 27.9 Å². The number of hydrogen-bond donors (Lipinski definition) is 0. The van der Waals surface area contributed by atoms with E-state index in [1.807, 2.05) is 0 Å². The fraction of sp³-hybridized carbons (Fsp3) is 0.0909. The van der Waals surface area contributed by atoms with Crippen molar-refractivity contribution in [3.63, 3.8) is 0 Å². The maximum absolute atomic E-state index is 2.53. The Hall–Kier alpha value is -7.80. The number of rotatable bonds is 6. The molecular formula is C66H48. The van der Waals surface area contributed by atoms with Crippen LogP contribution < -0.4 is 0 Å². The van der Waals surface area contributed by atoms with Crippen LogP contribution in [0.15, 0.2) is 224 Å². The predicted octanol–water partition coefficient (Wildman–Crippen LogP) is 17.0. The molecule has 9 aromatic carbocycles. The third kappa shape index (κ3) is 5.52. The zero-order valence-corrected chi connectivity index (χ0v) is 37.8. The largest absolute Gasteiger partial charge is 0.0622 e. The second kappa shape index (κ2) is 14.4. The molecule has 0 saturated heterocycles. The minimum Gasteiger partial charge on any atom is -0.0622 e. The summed E-state index contributed by atoms with van der Waals surface area (Å²) in [5.74, 6) is 0. The summed E-state index contributed by atoms with van der Waals surface area (Å²) in [6, 6.07) is 82.2. The molecule has 0 aromatic heterocycles. The Labute approximate surface area is 388 Å². The van der Waals surface area contributed by atoms with Gasteiger partial charge in [-0.3, -0.25) is 0 Å². The summed E-state index contributed by atoms with van der Waals surface area (Å²) in [6.45, 7) is 9.52. The van der Waals surface area contributed by atoms with E-state index in [1.54, 1.807) is 0 Å². The SMILES string of the molecule is CC1(C)c2ccccc2-c2cc(C3=C(c4ccc5c(c4)-c4ccccc4C5(C)C)C(c4ccccc4)=C4C3=C(c3ccccc3)c3cc(-c5ccccc5)c(-c5ccccc5)cc34)ccc21. The average Bonchev–Trinajstić information content (AvgIpc) is 4.03. The number of fused-ring (bicyclic) bond motifs is 9. The fourth-order valence-electron chi connectivity index (χ4n) is 12.1. The van der Waals surface area contributed by atoms with Gasteiger partial charge in [0.25, 0.3) is 0 Å². The van der Waals surface area contributed by atoms with Crippen molar-refractivity contribution in [2.24, 2.45) is 0 Å². The molecule has 13 rings (SSSR count). The Balaban J connectivity index is 1.19. The molecule has 0 N–H and O–H groups in total. The number of allylic oxidation sites excluding steroid dienone is 5. The third-order valence-corrected chi connectivity index (χ3v) is 15.2. The minimum atomic E-state index is -0.101. The first-order valence-corrected chi connectivity index (χ1v) is 23.4. The quantitative estimate of drug-likeness (QED) is 0.156. The molecule has 0 spiro atoms. The molecule has 0 amide bonds. The molecule has 4 aliphatic carbocycles. The summed E-state index contributed by atoms with van der Waals surface area (Å²) in [5.41, 5.74) is 30.8. The van der Waals surface area contributed by atoms with Crippen LogP contribution >= 0.6 is 0 Å². The number of hydrogen-bond acceptors (Lipinski definition) is 0. The van der Waals surface area contributed by atoms with Crippen molar-refractivity contribution in [2.75, 3.05) is 0 Å². The van der Waals surface area contributed by atoms with Crippen LogP contribution in [-0.2, 0) is 10.8 Å². The van der Waals surface area contributed by atoms with Gasteiger partial charge >= 0.3 is 0 Å². The van der Waals surface area contributed by atoms with Crippen LogP contribution in [0.2, 0.25) is 0 Å². The summed E-state index contributed by atoms with van der Waals surface area (Å²) in [6.07, 6.45) is 0. The Morgan fingerprint density at radius 3 is 0.985 bits per heavy atom. The van der Waals surface area contributed by atoms with Gasteiger partial charge in [0, 0.05) is 10.8 Å². The van der Waals surface area contributed by atoms with Crippen LogP contribution in [0.3, 0.4) is 0 Å². The molecule has 0 heteroatoms. The standard InChI is InChI=1S/C66H48/c1-65(2)55-31-19-17-29-47(55)51-37-45(33-35-57(51)65)61-60(44-27-15-8-16-28-44)63-54-40-50(42-23-11-6-12-24-42)49(41-21-9-5-10-22-41)39-53(54)59(43-25-13-7-14-26-43)64(63)62(61)46-34-36-58-52(38-46)48-30-18-20-32-56(48)66(58,3)4/h5-40H,1-4H3. The highest BCUT2D eigenvalue weighted by molar-refractivity contribution is 6.39. The van der Waals surface area contributed by atoms with Crippen LogP contribution in [0.1, 0.15) is 83.3 Å². The van der Waals surface area contributed by atoms with Gasteiger partial charge < -0.3 is 0 Å². The fourth-order valence-corrected chi connectivity index (χ4v) is 12.1. The first kappa shape index (κ1) is 38.6. The van der Waals surface area contributed by atoms with E-state index in [2.05, 4.69) is 246 Å². The molecular weight excluding hydrogens is 793 g/mol. The van der Waals surface area contributed by atoms with Crippen molar-refractivity contribution in [3.05, 3.63) is 280 Å².